The summed E-state index contributed by atoms with van der Waals surface area (Å²) in [5.41, 5.74) is 4.52. The molecule has 0 radical (unpaired) electrons. The molecule has 4 aromatic rings. The van der Waals surface area contributed by atoms with Crippen LogP contribution in [0, 0.1) is 0 Å². The Morgan fingerprint density at radius 2 is 1.84 bits per heavy atom. The molecule has 5 heterocycles. The summed E-state index contributed by atoms with van der Waals surface area (Å²) in [5.74, 6) is 0. The smallest absolute Gasteiger partial charge is 0.115 e. The molecule has 0 amide bonds. The van der Waals surface area contributed by atoms with Crippen LogP contribution in [0.25, 0.3) is 28.0 Å². The molecule has 1 saturated heterocycles. The maximum absolute atomic E-state index is 11.6. The molecule has 1 unspecified atom stereocenters. The molecular weight excluding hydrogens is 412 g/mol. The predicted octanol–water partition coefficient (Wildman–Crippen LogP) is 2.97. The molecular formula is C21H26N8OS. The highest BCUT2D eigenvalue weighted by atomic mass is 32.2. The zero-order valence-electron chi connectivity index (χ0n) is 17.9. The van der Waals surface area contributed by atoms with Crippen molar-refractivity contribution in [3.05, 3.63) is 43.2 Å². The van der Waals surface area contributed by atoms with Gasteiger partial charge in [0.25, 0.3) is 0 Å². The highest BCUT2D eigenvalue weighted by Crippen LogP contribution is 2.29. The first-order chi connectivity index (χ1) is 15.1. The Morgan fingerprint density at radius 1 is 1.06 bits per heavy atom. The fourth-order valence-corrected chi connectivity index (χ4v) is 4.83. The van der Waals surface area contributed by atoms with Gasteiger partial charge in [-0.3, -0.25) is 9.36 Å². The van der Waals surface area contributed by atoms with Gasteiger partial charge in [-0.1, -0.05) is 13.8 Å². The molecule has 9 nitrogen and oxygen atoms in total. The van der Waals surface area contributed by atoms with Crippen molar-refractivity contribution in [2.24, 2.45) is 0 Å². The van der Waals surface area contributed by atoms with Crippen molar-refractivity contribution in [2.75, 3.05) is 19.3 Å². The molecule has 1 fully saturated rings. The molecule has 1 atom stereocenters. The Labute approximate surface area is 184 Å². The molecule has 0 spiro atoms. The molecule has 0 bridgehead atoms. The predicted molar refractivity (Wildman–Crippen MR) is 120 cm³/mol. The Balaban J connectivity index is 1.48. The molecule has 10 heteroatoms. The van der Waals surface area contributed by atoms with Gasteiger partial charge in [0.15, 0.2) is 0 Å². The van der Waals surface area contributed by atoms with E-state index in [0.29, 0.717) is 6.04 Å². The SMILES string of the molecule is CCC(CC)n1cc(-c2nc(-c3cnn(C4CN([S+](C)[O-])C4)c3)cn3nccc23)cn1. The first kappa shape index (κ1) is 20.2. The van der Waals surface area contributed by atoms with Crippen LogP contribution in [-0.2, 0) is 11.4 Å². The van der Waals surface area contributed by atoms with Gasteiger partial charge < -0.3 is 4.55 Å². The van der Waals surface area contributed by atoms with Crippen molar-refractivity contribution in [1.29, 1.82) is 0 Å². The lowest BCUT2D eigenvalue weighted by Crippen LogP contribution is -2.50. The van der Waals surface area contributed by atoms with Gasteiger partial charge >= 0.3 is 0 Å². The largest absolute Gasteiger partial charge is 0.598 e. The normalized spacial score (nSPS) is 16.3. The number of hydrogen-bond donors (Lipinski definition) is 0. The van der Waals surface area contributed by atoms with E-state index in [0.717, 1.165) is 54.0 Å². The second kappa shape index (κ2) is 8.10. The van der Waals surface area contributed by atoms with Gasteiger partial charge in [0.05, 0.1) is 66.9 Å². The fourth-order valence-electron chi connectivity index (χ4n) is 4.07. The highest BCUT2D eigenvalue weighted by molar-refractivity contribution is 7.88. The molecule has 5 rings (SSSR count). The van der Waals surface area contributed by atoms with Crippen molar-refractivity contribution in [3.8, 4) is 22.5 Å². The Morgan fingerprint density at radius 3 is 2.58 bits per heavy atom. The highest BCUT2D eigenvalue weighted by Gasteiger charge is 2.35. The van der Waals surface area contributed by atoms with Gasteiger partial charge in [-0.05, 0) is 18.9 Å². The van der Waals surface area contributed by atoms with E-state index in [4.69, 9.17) is 4.98 Å². The molecule has 31 heavy (non-hydrogen) atoms. The van der Waals surface area contributed by atoms with E-state index in [1.54, 1.807) is 12.5 Å². The van der Waals surface area contributed by atoms with E-state index in [1.165, 1.54) is 0 Å². The Hall–Kier alpha value is -2.69. The lowest BCUT2D eigenvalue weighted by Gasteiger charge is -2.36. The lowest BCUT2D eigenvalue weighted by atomic mass is 10.1. The first-order valence-electron chi connectivity index (χ1n) is 10.6. The molecule has 0 aliphatic carbocycles. The maximum atomic E-state index is 11.6. The van der Waals surface area contributed by atoms with Gasteiger partial charge in [0, 0.05) is 34.9 Å². The second-order valence-electron chi connectivity index (χ2n) is 7.95. The average Bonchev–Trinajstić information content (AvgIpc) is 3.47. The minimum Gasteiger partial charge on any atom is -0.598 e. The number of hydrogen-bond acceptors (Lipinski definition) is 6. The number of rotatable bonds is 7. The second-order valence-corrected chi connectivity index (χ2v) is 9.31. The third kappa shape index (κ3) is 3.64. The van der Waals surface area contributed by atoms with Gasteiger partial charge in [-0.2, -0.15) is 15.3 Å². The average molecular weight is 439 g/mol. The first-order valence-corrected chi connectivity index (χ1v) is 12.1. The van der Waals surface area contributed by atoms with Crippen LogP contribution in [-0.4, -0.2) is 62.4 Å². The molecule has 1 aliphatic rings. The van der Waals surface area contributed by atoms with Gasteiger partial charge in [0.1, 0.15) is 6.26 Å². The lowest BCUT2D eigenvalue weighted by molar-refractivity contribution is 0.192. The van der Waals surface area contributed by atoms with Crippen LogP contribution in [0.3, 0.4) is 0 Å². The summed E-state index contributed by atoms with van der Waals surface area (Å²) in [6.07, 6.45) is 15.3. The van der Waals surface area contributed by atoms with Crippen molar-refractivity contribution in [3.63, 3.8) is 0 Å². The molecule has 162 valence electrons. The van der Waals surface area contributed by atoms with Crippen LogP contribution in [0.15, 0.2) is 43.2 Å². The van der Waals surface area contributed by atoms with Gasteiger partial charge in [-0.25, -0.2) is 9.50 Å². The summed E-state index contributed by atoms with van der Waals surface area (Å²) in [7, 11) is 0. The van der Waals surface area contributed by atoms with Gasteiger partial charge in [0.2, 0.25) is 0 Å². The van der Waals surface area contributed by atoms with E-state index in [2.05, 4.69) is 35.3 Å². The third-order valence-corrected chi connectivity index (χ3v) is 7.07. The summed E-state index contributed by atoms with van der Waals surface area (Å²) < 4.78 is 19.3. The van der Waals surface area contributed by atoms with E-state index in [-0.39, 0.29) is 6.04 Å². The Kier molecular flexibility index (Phi) is 5.28. The fraction of sp³-hybridized carbons (Fsp3) is 0.429. The number of fused-ring (bicyclic) bond motifs is 1. The van der Waals surface area contributed by atoms with E-state index < -0.39 is 11.4 Å². The quantitative estimate of drug-likeness (QED) is 0.412. The minimum absolute atomic E-state index is 0.240. The van der Waals surface area contributed by atoms with Crippen LogP contribution in [0.4, 0.5) is 0 Å². The standard InChI is InChI=1S/C21H26N8OS/c1-4-17(5-2)27-11-16(9-24-27)21-20-6-7-22-29(20)14-19(25-21)15-8-23-28(10-15)18-12-26(13-18)31(3)30/h6-11,14,17-18H,4-5,12-13H2,1-3H3. The molecule has 1 aliphatic heterocycles. The molecule has 0 N–H and O–H groups in total. The van der Waals surface area contributed by atoms with Gasteiger partial charge in [-0.15, -0.1) is 4.31 Å². The Bertz CT molecular complexity index is 1190. The van der Waals surface area contributed by atoms with Crippen molar-refractivity contribution in [1.82, 2.24) is 38.5 Å². The topological polar surface area (TPSA) is 92.1 Å². The van der Waals surface area contributed by atoms with E-state index in [1.807, 2.05) is 49.0 Å². The summed E-state index contributed by atoms with van der Waals surface area (Å²) >= 11 is -0.925. The zero-order valence-corrected chi connectivity index (χ0v) is 18.7. The molecule has 0 aromatic carbocycles. The maximum Gasteiger partial charge on any atom is 0.115 e. The summed E-state index contributed by atoms with van der Waals surface area (Å²) in [6, 6.07) is 2.59. The zero-order chi connectivity index (χ0) is 21.5. The summed E-state index contributed by atoms with van der Waals surface area (Å²) in [4.78, 5) is 4.97. The molecule has 4 aromatic heterocycles. The summed E-state index contributed by atoms with van der Waals surface area (Å²) in [6.45, 7) is 5.86. The van der Waals surface area contributed by atoms with E-state index in [9.17, 15) is 4.55 Å². The minimum atomic E-state index is -0.925. The monoisotopic (exact) mass is 438 g/mol. The van der Waals surface area contributed by atoms with E-state index >= 15 is 0 Å². The third-order valence-electron chi connectivity index (χ3n) is 6.05. The number of aromatic nitrogens is 7. The van der Waals surface area contributed by atoms with Crippen molar-refractivity contribution < 1.29 is 4.55 Å². The number of nitrogens with zero attached hydrogens (tertiary/aromatic N) is 8. The van der Waals surface area contributed by atoms with Crippen molar-refractivity contribution >= 4 is 16.9 Å². The van der Waals surface area contributed by atoms with Crippen molar-refractivity contribution in [2.45, 2.75) is 38.8 Å². The van der Waals surface area contributed by atoms with Crippen LogP contribution in [0.5, 0.6) is 0 Å². The summed E-state index contributed by atoms with van der Waals surface area (Å²) in [5, 5.41) is 13.6. The van der Waals surface area contributed by atoms with Crippen LogP contribution in [0.1, 0.15) is 38.8 Å². The van der Waals surface area contributed by atoms with Crippen LogP contribution in [0.2, 0.25) is 0 Å². The molecule has 0 saturated carbocycles. The van der Waals surface area contributed by atoms with Crippen LogP contribution >= 0.6 is 0 Å². The van der Waals surface area contributed by atoms with Crippen LogP contribution < -0.4 is 0 Å².